The third kappa shape index (κ3) is 5.12. The van der Waals surface area contributed by atoms with Crippen LogP contribution in [-0.4, -0.2) is 63.2 Å². The molecule has 2 amide bonds. The van der Waals surface area contributed by atoms with Crippen molar-refractivity contribution in [2.75, 3.05) is 11.9 Å². The molecule has 0 spiro atoms. The molecular formula is C28H25ClN10O2. The number of imidazole rings is 1. The van der Waals surface area contributed by atoms with Crippen molar-refractivity contribution < 1.29 is 9.59 Å². The Morgan fingerprint density at radius 1 is 1.17 bits per heavy atom. The van der Waals surface area contributed by atoms with Crippen molar-refractivity contribution in [3.05, 3.63) is 94.8 Å². The minimum Gasteiger partial charge on any atom is -0.345 e. The number of nitrogens with one attached hydrogen (secondary N) is 2. The van der Waals surface area contributed by atoms with Crippen LogP contribution in [0.4, 0.5) is 5.69 Å². The lowest BCUT2D eigenvalue weighted by atomic mass is 9.95. The van der Waals surface area contributed by atoms with Crippen molar-refractivity contribution in [3.63, 3.8) is 0 Å². The fourth-order valence-electron chi connectivity index (χ4n) is 5.00. The molecule has 0 bridgehead atoms. The molecule has 12 nitrogen and oxygen atoms in total. The number of carbonyl (C=O) groups is 2. The number of aromatic nitrogens is 8. The summed E-state index contributed by atoms with van der Waals surface area (Å²) in [6.45, 7) is 2.23. The molecule has 0 aliphatic carbocycles. The van der Waals surface area contributed by atoms with Crippen molar-refractivity contribution in [1.29, 1.82) is 0 Å². The standard InChI is InChI=1S/C28H25ClN10O2/c1-17-25-22(34-37(17)2)11-14-38(24(40)10-5-19-15-20(29)6-9-23(19)39-16-32-35-36-39)26(25)28(41)33-21-7-3-18(4-8-21)27-30-12-13-31-27/h3-10,12-13,15-16,26H,11,14H2,1-2H3,(H,30,31)(H,33,41)/b10-5+. The number of fused-ring (bicyclic) bond motifs is 1. The van der Waals surface area contributed by atoms with Gasteiger partial charge in [0.1, 0.15) is 18.2 Å². The molecule has 0 saturated carbocycles. The van der Waals surface area contributed by atoms with Gasteiger partial charge in [0.2, 0.25) is 5.91 Å². The molecule has 3 aromatic heterocycles. The number of hydrogen-bond donors (Lipinski definition) is 2. The molecule has 13 heteroatoms. The first-order valence-corrected chi connectivity index (χ1v) is 13.2. The lowest BCUT2D eigenvalue weighted by molar-refractivity contribution is -0.135. The maximum absolute atomic E-state index is 13.8. The molecule has 1 aliphatic heterocycles. The summed E-state index contributed by atoms with van der Waals surface area (Å²) in [4.78, 5) is 36.4. The van der Waals surface area contributed by atoms with Crippen molar-refractivity contribution in [3.8, 4) is 17.1 Å². The van der Waals surface area contributed by atoms with Gasteiger partial charge in [0.15, 0.2) is 0 Å². The summed E-state index contributed by atoms with van der Waals surface area (Å²) in [6, 6.07) is 11.7. The highest BCUT2D eigenvalue weighted by atomic mass is 35.5. The Morgan fingerprint density at radius 3 is 2.73 bits per heavy atom. The van der Waals surface area contributed by atoms with E-state index in [9.17, 15) is 9.59 Å². The van der Waals surface area contributed by atoms with E-state index in [0.717, 1.165) is 28.3 Å². The quantitative estimate of drug-likeness (QED) is 0.299. The molecule has 2 aromatic carbocycles. The van der Waals surface area contributed by atoms with Gasteiger partial charge in [-0.15, -0.1) is 5.10 Å². The highest BCUT2D eigenvalue weighted by molar-refractivity contribution is 6.30. The first kappa shape index (κ1) is 26.1. The summed E-state index contributed by atoms with van der Waals surface area (Å²) in [7, 11) is 1.84. The highest BCUT2D eigenvalue weighted by Gasteiger charge is 2.38. The molecule has 5 aromatic rings. The Morgan fingerprint density at radius 2 is 2.00 bits per heavy atom. The number of aryl methyl sites for hydroxylation is 1. The number of benzene rings is 2. The van der Waals surface area contributed by atoms with E-state index in [-0.39, 0.29) is 11.8 Å². The number of carbonyl (C=O) groups excluding carboxylic acids is 2. The summed E-state index contributed by atoms with van der Waals surface area (Å²) < 4.78 is 3.23. The Labute approximate surface area is 239 Å². The van der Waals surface area contributed by atoms with Gasteiger partial charge < -0.3 is 15.2 Å². The van der Waals surface area contributed by atoms with Gasteiger partial charge in [-0.3, -0.25) is 14.3 Å². The number of nitrogens with zero attached hydrogens (tertiary/aromatic N) is 8. The second kappa shape index (κ2) is 10.8. The minimum absolute atomic E-state index is 0.324. The average Bonchev–Trinajstić information content (AvgIpc) is 3.75. The van der Waals surface area contributed by atoms with Gasteiger partial charge >= 0.3 is 0 Å². The Bertz CT molecular complexity index is 1740. The third-order valence-corrected chi connectivity index (χ3v) is 7.31. The van der Waals surface area contributed by atoms with E-state index in [1.165, 1.54) is 17.1 Å². The molecular weight excluding hydrogens is 544 g/mol. The van der Waals surface area contributed by atoms with Crippen LogP contribution in [0, 0.1) is 6.92 Å². The van der Waals surface area contributed by atoms with Crippen LogP contribution in [0.5, 0.6) is 0 Å². The number of anilines is 1. The van der Waals surface area contributed by atoms with Crippen LogP contribution < -0.4 is 5.32 Å². The van der Waals surface area contributed by atoms with Crippen LogP contribution in [0.2, 0.25) is 5.02 Å². The molecule has 4 heterocycles. The first-order chi connectivity index (χ1) is 19.9. The first-order valence-electron chi connectivity index (χ1n) is 12.8. The zero-order valence-corrected chi connectivity index (χ0v) is 22.9. The van der Waals surface area contributed by atoms with Gasteiger partial charge in [-0.05, 0) is 65.9 Å². The number of aromatic amines is 1. The molecule has 1 aliphatic rings. The monoisotopic (exact) mass is 568 g/mol. The predicted octanol–water partition coefficient (Wildman–Crippen LogP) is 3.53. The number of halogens is 1. The highest BCUT2D eigenvalue weighted by Crippen LogP contribution is 2.33. The molecule has 41 heavy (non-hydrogen) atoms. The van der Waals surface area contributed by atoms with Crippen LogP contribution in [0.3, 0.4) is 0 Å². The smallest absolute Gasteiger partial charge is 0.251 e. The number of tetrazole rings is 1. The van der Waals surface area contributed by atoms with Crippen molar-refractivity contribution in [2.24, 2.45) is 7.05 Å². The van der Waals surface area contributed by atoms with Gasteiger partial charge in [0.05, 0.1) is 11.4 Å². The van der Waals surface area contributed by atoms with E-state index in [1.807, 2.05) is 26.1 Å². The van der Waals surface area contributed by atoms with Gasteiger partial charge in [0, 0.05) is 71.6 Å². The normalized spacial score (nSPS) is 14.8. The fraction of sp³-hybridized carbons (Fsp3) is 0.179. The Balaban J connectivity index is 1.29. The molecule has 0 fully saturated rings. The van der Waals surface area contributed by atoms with Crippen molar-refractivity contribution in [1.82, 2.24) is 44.9 Å². The van der Waals surface area contributed by atoms with Gasteiger partial charge in [0.25, 0.3) is 5.91 Å². The van der Waals surface area contributed by atoms with E-state index in [4.69, 9.17) is 11.6 Å². The lowest BCUT2D eigenvalue weighted by Gasteiger charge is -2.34. The van der Waals surface area contributed by atoms with E-state index in [1.54, 1.807) is 58.4 Å². The van der Waals surface area contributed by atoms with E-state index < -0.39 is 6.04 Å². The van der Waals surface area contributed by atoms with E-state index in [0.29, 0.717) is 34.9 Å². The summed E-state index contributed by atoms with van der Waals surface area (Å²) in [5.41, 5.74) is 5.16. The summed E-state index contributed by atoms with van der Waals surface area (Å²) in [5.74, 6) is 0.0823. The summed E-state index contributed by atoms with van der Waals surface area (Å²) >= 11 is 6.24. The molecule has 1 unspecified atom stereocenters. The minimum atomic E-state index is -0.868. The van der Waals surface area contributed by atoms with Crippen LogP contribution in [0.1, 0.15) is 28.6 Å². The second-order valence-electron chi connectivity index (χ2n) is 9.55. The lowest BCUT2D eigenvalue weighted by Crippen LogP contribution is -2.44. The summed E-state index contributed by atoms with van der Waals surface area (Å²) in [6.07, 6.45) is 8.52. The van der Waals surface area contributed by atoms with Gasteiger partial charge in [-0.1, -0.05) is 11.6 Å². The molecule has 1 atom stereocenters. The number of hydrogen-bond acceptors (Lipinski definition) is 7. The topological polar surface area (TPSA) is 140 Å². The number of amides is 2. The Hall–Kier alpha value is -5.10. The van der Waals surface area contributed by atoms with Gasteiger partial charge in [-0.2, -0.15) is 9.78 Å². The Kier molecular flexibility index (Phi) is 6.89. The van der Waals surface area contributed by atoms with Crippen LogP contribution in [-0.2, 0) is 23.1 Å². The second-order valence-corrected chi connectivity index (χ2v) is 9.99. The average molecular weight is 569 g/mol. The van der Waals surface area contributed by atoms with E-state index in [2.05, 4.69) is 35.9 Å². The maximum atomic E-state index is 13.8. The third-order valence-electron chi connectivity index (χ3n) is 7.08. The zero-order chi connectivity index (χ0) is 28.5. The van der Waals surface area contributed by atoms with Crippen molar-refractivity contribution >= 4 is 35.2 Å². The van der Waals surface area contributed by atoms with Crippen LogP contribution in [0.15, 0.2) is 67.3 Å². The predicted molar refractivity (Wildman–Crippen MR) is 152 cm³/mol. The fourth-order valence-corrected chi connectivity index (χ4v) is 5.18. The molecule has 0 saturated heterocycles. The largest absolute Gasteiger partial charge is 0.345 e. The van der Waals surface area contributed by atoms with Gasteiger partial charge in [-0.25, -0.2) is 4.98 Å². The number of rotatable bonds is 6. The van der Waals surface area contributed by atoms with Crippen LogP contribution in [0.25, 0.3) is 23.2 Å². The summed E-state index contributed by atoms with van der Waals surface area (Å²) in [5, 5.41) is 19.4. The zero-order valence-electron chi connectivity index (χ0n) is 22.2. The molecule has 6 rings (SSSR count). The van der Waals surface area contributed by atoms with Crippen molar-refractivity contribution in [2.45, 2.75) is 19.4 Å². The van der Waals surface area contributed by atoms with E-state index >= 15 is 0 Å². The molecule has 206 valence electrons. The SMILES string of the molecule is Cc1c2c(nn1C)CCN(C(=O)/C=C/c1cc(Cl)ccc1-n1cnnn1)C2C(=O)Nc1ccc(-c2ncc[nH]2)cc1. The molecule has 0 radical (unpaired) electrons. The molecule has 2 N–H and O–H groups in total. The van der Waals surface area contributed by atoms with Crippen LogP contribution >= 0.6 is 11.6 Å². The number of H-pyrrole nitrogens is 1. The maximum Gasteiger partial charge on any atom is 0.251 e.